The van der Waals surface area contributed by atoms with Gasteiger partial charge in [0.05, 0.1) is 0 Å². The summed E-state index contributed by atoms with van der Waals surface area (Å²) in [5.74, 6) is -0.348. The number of halogens is 1. The van der Waals surface area contributed by atoms with Crippen molar-refractivity contribution in [2.75, 3.05) is 13.4 Å². The van der Waals surface area contributed by atoms with Crippen molar-refractivity contribution >= 4 is 41.0 Å². The van der Waals surface area contributed by atoms with E-state index in [2.05, 4.69) is 9.61 Å². The highest BCUT2D eigenvalue weighted by molar-refractivity contribution is 8.93. The number of nitrogens with one attached hydrogen (secondary N) is 1. The minimum Gasteiger partial charge on any atom is -0.309 e. The molecule has 1 N–H and O–H groups in total. The van der Waals surface area contributed by atoms with Crippen LogP contribution in [0.15, 0.2) is 0 Å². The van der Waals surface area contributed by atoms with Gasteiger partial charge in [0.1, 0.15) is 0 Å². The molecule has 0 aliphatic carbocycles. The van der Waals surface area contributed by atoms with Gasteiger partial charge in [0.2, 0.25) is 5.91 Å². The Kier molecular flexibility index (Phi) is 7.73. The molecular formula is C4H11BrNO3PS. The second-order valence-electron chi connectivity index (χ2n) is 1.53. The molecule has 0 saturated heterocycles. The van der Waals surface area contributed by atoms with Crippen LogP contribution in [0.3, 0.4) is 0 Å². The van der Waals surface area contributed by atoms with Crippen molar-refractivity contribution in [2.24, 2.45) is 0 Å². The summed E-state index contributed by atoms with van der Waals surface area (Å²) in [6.07, 6.45) is 1.61. The predicted octanol–water partition coefficient (Wildman–Crippen LogP) is 1.82. The van der Waals surface area contributed by atoms with E-state index in [9.17, 15) is 9.36 Å². The van der Waals surface area contributed by atoms with Crippen LogP contribution in [0.4, 0.5) is 0 Å². The van der Waals surface area contributed by atoms with Gasteiger partial charge in [-0.3, -0.25) is 14.4 Å². The highest BCUT2D eigenvalue weighted by Crippen LogP contribution is 2.53. The summed E-state index contributed by atoms with van der Waals surface area (Å²) in [6.45, 7) is -1.63. The van der Waals surface area contributed by atoms with Crippen LogP contribution in [0.2, 0.25) is 0 Å². The van der Waals surface area contributed by atoms with Gasteiger partial charge >= 0.3 is 6.72 Å². The molecule has 68 valence electrons. The third-order valence-corrected chi connectivity index (χ3v) is 4.49. The van der Waals surface area contributed by atoms with E-state index in [1.165, 1.54) is 14.0 Å². The normalized spacial score (nSPS) is 14.5. The van der Waals surface area contributed by atoms with E-state index in [1.54, 1.807) is 6.26 Å². The summed E-state index contributed by atoms with van der Waals surface area (Å²) in [6, 6.07) is 0. The van der Waals surface area contributed by atoms with Gasteiger partial charge in [0.25, 0.3) is 0 Å². The van der Waals surface area contributed by atoms with Gasteiger partial charge in [-0.25, -0.2) is 0 Å². The molecule has 0 aromatic carbocycles. The average Bonchev–Trinajstić information content (AvgIpc) is 1.87. The second kappa shape index (κ2) is 6.06. The Morgan fingerprint density at radius 1 is 1.64 bits per heavy atom. The zero-order valence-electron chi connectivity index (χ0n) is 6.49. The number of carbonyl (C=O) groups is 1. The largest absolute Gasteiger partial charge is 0.352 e. The van der Waals surface area contributed by atoms with Crippen LogP contribution < -0.4 is 5.09 Å². The topological polar surface area (TPSA) is 55.4 Å². The van der Waals surface area contributed by atoms with Crippen molar-refractivity contribution in [1.82, 2.24) is 5.09 Å². The number of hydrogen-bond donors (Lipinski definition) is 1. The lowest BCUT2D eigenvalue weighted by molar-refractivity contribution is -0.117. The molecule has 0 radical (unpaired) electrons. The Balaban J connectivity index is 0. The fourth-order valence-electron chi connectivity index (χ4n) is 0.359. The number of hydrogen-bond acceptors (Lipinski definition) is 4. The molecule has 0 aromatic rings. The summed E-state index contributed by atoms with van der Waals surface area (Å²) < 4.78 is 15.8. The molecule has 0 aliphatic rings. The zero-order chi connectivity index (χ0) is 8.20. The van der Waals surface area contributed by atoms with E-state index in [4.69, 9.17) is 0 Å². The lowest BCUT2D eigenvalue weighted by atomic mass is 10.8. The molecule has 11 heavy (non-hydrogen) atoms. The number of carbonyl (C=O) groups excluding carboxylic acids is 1. The Bertz CT molecular complexity index is 169. The quantitative estimate of drug-likeness (QED) is 0.790. The van der Waals surface area contributed by atoms with Crippen LogP contribution in [0.25, 0.3) is 0 Å². The molecule has 1 amide bonds. The average molecular weight is 264 g/mol. The molecule has 0 aromatic heterocycles. The Morgan fingerprint density at radius 3 is 2.18 bits per heavy atom. The zero-order valence-corrected chi connectivity index (χ0v) is 9.91. The van der Waals surface area contributed by atoms with Crippen molar-refractivity contribution in [1.29, 1.82) is 0 Å². The first kappa shape index (κ1) is 14.0. The molecule has 4 nitrogen and oxygen atoms in total. The molecule has 0 bridgehead atoms. The molecule has 0 saturated carbocycles. The van der Waals surface area contributed by atoms with E-state index in [0.29, 0.717) is 0 Å². The van der Waals surface area contributed by atoms with Crippen molar-refractivity contribution in [3.8, 4) is 0 Å². The highest BCUT2D eigenvalue weighted by Gasteiger charge is 2.20. The van der Waals surface area contributed by atoms with E-state index in [1.807, 2.05) is 0 Å². The standard InChI is InChI=1S/C4H10NO3PS.BrH/c1-4(6)5-9(7,8-2)10-3;/h1-3H3,(H,5,6,7);1H. The molecule has 0 heterocycles. The minimum atomic E-state index is -2.92. The van der Waals surface area contributed by atoms with Gasteiger partial charge in [-0.15, -0.1) is 17.0 Å². The Labute approximate surface area is 80.5 Å². The third kappa shape index (κ3) is 5.73. The van der Waals surface area contributed by atoms with Gasteiger partial charge in [-0.1, -0.05) is 11.4 Å². The fraction of sp³-hybridized carbons (Fsp3) is 0.750. The van der Waals surface area contributed by atoms with Crippen LogP contribution in [-0.4, -0.2) is 19.3 Å². The molecule has 0 rings (SSSR count). The molecule has 1 unspecified atom stereocenters. The first-order valence-corrected chi connectivity index (χ1v) is 6.00. The van der Waals surface area contributed by atoms with Gasteiger partial charge in [0.15, 0.2) is 0 Å². The summed E-state index contributed by atoms with van der Waals surface area (Å²) in [7, 11) is 1.30. The minimum absolute atomic E-state index is 0. The summed E-state index contributed by atoms with van der Waals surface area (Å²) in [5, 5.41) is 2.21. The van der Waals surface area contributed by atoms with Crippen LogP contribution in [0.1, 0.15) is 6.92 Å². The summed E-state index contributed by atoms with van der Waals surface area (Å²) >= 11 is 1.00. The monoisotopic (exact) mass is 263 g/mol. The molecule has 7 heteroatoms. The van der Waals surface area contributed by atoms with E-state index in [0.717, 1.165) is 11.4 Å². The Hall–Kier alpha value is 0.490. The highest BCUT2D eigenvalue weighted by atomic mass is 79.9. The lowest BCUT2D eigenvalue weighted by Crippen LogP contribution is -2.15. The molecule has 1 atom stereocenters. The first-order valence-electron chi connectivity index (χ1n) is 2.54. The maximum atomic E-state index is 11.2. The van der Waals surface area contributed by atoms with Gasteiger partial charge in [0, 0.05) is 14.0 Å². The van der Waals surface area contributed by atoms with Crippen molar-refractivity contribution in [3.63, 3.8) is 0 Å². The maximum absolute atomic E-state index is 11.2. The van der Waals surface area contributed by atoms with Crippen LogP contribution in [0.5, 0.6) is 0 Å². The molecular weight excluding hydrogens is 253 g/mol. The smallest absolute Gasteiger partial charge is 0.309 e. The third-order valence-electron chi connectivity index (χ3n) is 0.775. The second-order valence-corrected chi connectivity index (χ2v) is 6.02. The number of rotatable bonds is 3. The van der Waals surface area contributed by atoms with Crippen LogP contribution in [0, 0.1) is 0 Å². The molecule has 0 spiro atoms. The molecule has 0 fully saturated rings. The van der Waals surface area contributed by atoms with Crippen molar-refractivity contribution in [2.45, 2.75) is 6.92 Å². The lowest BCUT2D eigenvalue weighted by Gasteiger charge is -2.11. The van der Waals surface area contributed by atoms with Crippen LogP contribution >= 0.6 is 35.1 Å². The SMILES string of the molecule is Br.COP(=O)(NC(C)=O)SC. The first-order chi connectivity index (χ1) is 4.54. The summed E-state index contributed by atoms with van der Waals surface area (Å²) in [4.78, 5) is 10.4. The predicted molar refractivity (Wildman–Crippen MR) is 52.3 cm³/mol. The van der Waals surface area contributed by atoms with Gasteiger partial charge < -0.3 is 4.52 Å². The van der Waals surface area contributed by atoms with Crippen molar-refractivity contribution < 1.29 is 13.9 Å². The van der Waals surface area contributed by atoms with E-state index in [-0.39, 0.29) is 22.9 Å². The van der Waals surface area contributed by atoms with Gasteiger partial charge in [-0.2, -0.15) is 0 Å². The van der Waals surface area contributed by atoms with Crippen LogP contribution in [-0.2, 0) is 13.9 Å². The summed E-state index contributed by atoms with van der Waals surface area (Å²) in [5.41, 5.74) is 0. The van der Waals surface area contributed by atoms with Gasteiger partial charge in [-0.05, 0) is 6.26 Å². The maximum Gasteiger partial charge on any atom is 0.352 e. The fourth-order valence-corrected chi connectivity index (χ4v) is 2.18. The Morgan fingerprint density at radius 2 is 2.09 bits per heavy atom. The van der Waals surface area contributed by atoms with E-state index >= 15 is 0 Å². The van der Waals surface area contributed by atoms with E-state index < -0.39 is 6.72 Å². The molecule has 0 aliphatic heterocycles. The van der Waals surface area contributed by atoms with Crippen molar-refractivity contribution in [3.05, 3.63) is 0 Å². The number of amides is 1.